The SMILES string of the molecule is COc1ccccc1[C@@H]1C(=O)[C@H]2Cc3c([nH]c4ccccc34)[C@H](c3ccc(C)cc3)N2C1=S. The molecule has 6 rings (SSSR count). The minimum absolute atomic E-state index is 0.136. The van der Waals surface area contributed by atoms with Crippen LogP contribution in [-0.4, -0.2) is 33.8 Å². The van der Waals surface area contributed by atoms with E-state index in [0.717, 1.165) is 22.3 Å². The summed E-state index contributed by atoms with van der Waals surface area (Å²) >= 11 is 6.05. The molecule has 33 heavy (non-hydrogen) atoms. The number of aryl methyl sites for hydroxylation is 1. The van der Waals surface area contributed by atoms with Crippen LogP contribution < -0.4 is 4.74 Å². The van der Waals surface area contributed by atoms with Gasteiger partial charge in [-0.05, 0) is 30.2 Å². The highest BCUT2D eigenvalue weighted by atomic mass is 32.1. The normalized spacial score (nSPS) is 21.9. The fraction of sp³-hybridized carbons (Fsp3) is 0.214. The standard InChI is InChI=1S/C28H24N2O2S/c1-16-11-13-17(14-12-16)26-25-20(18-7-3-5-9-21(18)29-25)15-22-27(31)24(28(33)30(22)26)19-8-4-6-10-23(19)32-2/h3-14,22,24,26,29H,15H2,1-2H3/t22-,24-,26+/m1/s1. The molecule has 0 aliphatic carbocycles. The minimum Gasteiger partial charge on any atom is -0.496 e. The third-order valence-corrected chi connectivity index (χ3v) is 7.54. The van der Waals surface area contributed by atoms with Crippen LogP contribution in [0.4, 0.5) is 0 Å². The molecule has 0 bridgehead atoms. The van der Waals surface area contributed by atoms with Crippen molar-refractivity contribution in [1.82, 2.24) is 9.88 Å². The van der Waals surface area contributed by atoms with E-state index in [1.807, 2.05) is 30.3 Å². The van der Waals surface area contributed by atoms with Gasteiger partial charge in [0.05, 0.1) is 30.1 Å². The van der Waals surface area contributed by atoms with Crippen LogP contribution in [0, 0.1) is 6.92 Å². The van der Waals surface area contributed by atoms with Gasteiger partial charge in [0, 0.05) is 28.6 Å². The van der Waals surface area contributed by atoms with E-state index in [1.165, 1.54) is 16.5 Å². The van der Waals surface area contributed by atoms with Gasteiger partial charge in [-0.1, -0.05) is 78.4 Å². The third kappa shape index (κ3) is 2.96. The highest BCUT2D eigenvalue weighted by Crippen LogP contribution is 2.48. The lowest BCUT2D eigenvalue weighted by Gasteiger charge is -2.38. The molecule has 4 nitrogen and oxygen atoms in total. The molecule has 1 saturated heterocycles. The largest absolute Gasteiger partial charge is 0.496 e. The van der Waals surface area contributed by atoms with Crippen molar-refractivity contribution in [1.29, 1.82) is 0 Å². The summed E-state index contributed by atoms with van der Waals surface area (Å²) in [5.41, 5.74) is 6.63. The number of carbonyl (C=O) groups excluding carboxylic acids is 1. The Balaban J connectivity index is 1.55. The van der Waals surface area contributed by atoms with Crippen LogP contribution in [0.5, 0.6) is 5.75 Å². The maximum absolute atomic E-state index is 13.9. The van der Waals surface area contributed by atoms with Crippen molar-refractivity contribution in [2.45, 2.75) is 31.3 Å². The van der Waals surface area contributed by atoms with Crippen molar-refractivity contribution in [3.8, 4) is 5.75 Å². The molecule has 0 amide bonds. The van der Waals surface area contributed by atoms with E-state index >= 15 is 0 Å². The molecule has 2 aliphatic rings. The maximum Gasteiger partial charge on any atom is 0.169 e. The van der Waals surface area contributed by atoms with E-state index < -0.39 is 5.92 Å². The monoisotopic (exact) mass is 452 g/mol. The van der Waals surface area contributed by atoms with Crippen molar-refractivity contribution in [3.63, 3.8) is 0 Å². The fourth-order valence-corrected chi connectivity index (χ4v) is 6.01. The van der Waals surface area contributed by atoms with E-state index in [4.69, 9.17) is 17.0 Å². The van der Waals surface area contributed by atoms with Crippen molar-refractivity contribution >= 4 is 33.9 Å². The van der Waals surface area contributed by atoms with Gasteiger partial charge in [0.15, 0.2) is 5.78 Å². The molecule has 3 atom stereocenters. The molecule has 1 aromatic heterocycles. The van der Waals surface area contributed by atoms with Crippen molar-refractivity contribution in [2.24, 2.45) is 0 Å². The summed E-state index contributed by atoms with van der Waals surface area (Å²) in [7, 11) is 1.64. The number of hydrogen-bond donors (Lipinski definition) is 1. The van der Waals surface area contributed by atoms with Crippen LogP contribution in [0.3, 0.4) is 0 Å². The molecule has 0 unspecified atom stereocenters. The summed E-state index contributed by atoms with van der Waals surface area (Å²) in [5, 5.41) is 1.18. The number of ether oxygens (including phenoxy) is 1. The number of para-hydroxylation sites is 2. The number of hydrogen-bond acceptors (Lipinski definition) is 3. The van der Waals surface area contributed by atoms with E-state index in [0.29, 0.717) is 17.2 Å². The number of carbonyl (C=O) groups is 1. The number of aromatic amines is 1. The average molecular weight is 453 g/mol. The second-order valence-corrected chi connectivity index (χ2v) is 9.34. The first-order valence-corrected chi connectivity index (χ1v) is 11.6. The number of fused-ring (bicyclic) bond motifs is 4. The van der Waals surface area contributed by atoms with E-state index in [2.05, 4.69) is 59.3 Å². The molecule has 0 radical (unpaired) electrons. The third-order valence-electron chi connectivity index (χ3n) is 7.09. The predicted octanol–water partition coefficient (Wildman–Crippen LogP) is 5.49. The quantitative estimate of drug-likeness (QED) is 0.417. The average Bonchev–Trinajstić information content (AvgIpc) is 3.33. The molecular formula is C28H24N2O2S. The van der Waals surface area contributed by atoms with Crippen LogP contribution in [0.1, 0.15) is 39.9 Å². The molecule has 0 spiro atoms. The fourth-order valence-electron chi connectivity index (χ4n) is 5.53. The second kappa shape index (κ2) is 7.56. The molecule has 3 heterocycles. The number of nitrogens with one attached hydrogen (secondary N) is 1. The molecule has 1 N–H and O–H groups in total. The molecule has 2 aliphatic heterocycles. The topological polar surface area (TPSA) is 45.3 Å². The van der Waals surface area contributed by atoms with Crippen LogP contribution in [-0.2, 0) is 11.2 Å². The highest BCUT2D eigenvalue weighted by Gasteiger charge is 2.52. The summed E-state index contributed by atoms with van der Waals surface area (Å²) in [5.74, 6) is 0.371. The van der Waals surface area contributed by atoms with Gasteiger partial charge in [-0.15, -0.1) is 0 Å². The molecule has 0 saturated carbocycles. The van der Waals surface area contributed by atoms with Crippen LogP contribution in [0.25, 0.3) is 10.9 Å². The lowest BCUT2D eigenvalue weighted by Crippen LogP contribution is -2.43. The highest BCUT2D eigenvalue weighted by molar-refractivity contribution is 7.80. The number of Topliss-reactive ketones (excluding diaryl/α,β-unsaturated/α-hetero) is 1. The summed E-state index contributed by atoms with van der Waals surface area (Å²) in [6.07, 6.45) is 0.645. The van der Waals surface area contributed by atoms with Gasteiger partial charge in [0.2, 0.25) is 0 Å². The summed E-state index contributed by atoms with van der Waals surface area (Å²) in [4.78, 5) is 20.4. The maximum atomic E-state index is 13.9. The molecule has 164 valence electrons. The molecule has 5 heteroatoms. The zero-order valence-corrected chi connectivity index (χ0v) is 19.4. The Morgan fingerprint density at radius 2 is 1.73 bits per heavy atom. The summed E-state index contributed by atoms with van der Waals surface area (Å²) < 4.78 is 5.60. The van der Waals surface area contributed by atoms with Crippen molar-refractivity contribution in [3.05, 3.63) is 101 Å². The van der Waals surface area contributed by atoms with Crippen molar-refractivity contribution < 1.29 is 9.53 Å². The van der Waals surface area contributed by atoms with Gasteiger partial charge in [0.25, 0.3) is 0 Å². The number of nitrogens with zero attached hydrogens (tertiary/aromatic N) is 1. The van der Waals surface area contributed by atoms with Crippen molar-refractivity contribution in [2.75, 3.05) is 7.11 Å². The Hall–Kier alpha value is -3.44. The Bertz CT molecular complexity index is 1410. The van der Waals surface area contributed by atoms with Gasteiger partial charge >= 0.3 is 0 Å². The summed E-state index contributed by atoms with van der Waals surface area (Å²) in [6, 6.07) is 24.2. The smallest absolute Gasteiger partial charge is 0.169 e. The Morgan fingerprint density at radius 3 is 2.52 bits per heavy atom. The van der Waals surface area contributed by atoms with E-state index in [-0.39, 0.29) is 17.9 Å². The molecule has 1 fully saturated rings. The Kier molecular flexibility index (Phi) is 4.63. The van der Waals surface area contributed by atoms with Crippen LogP contribution in [0.15, 0.2) is 72.8 Å². The number of methoxy groups -OCH3 is 1. The number of rotatable bonds is 3. The van der Waals surface area contributed by atoms with Crippen LogP contribution in [0.2, 0.25) is 0 Å². The first-order chi connectivity index (χ1) is 16.1. The minimum atomic E-state index is -0.482. The first kappa shape index (κ1) is 20.2. The zero-order valence-electron chi connectivity index (χ0n) is 18.5. The second-order valence-electron chi connectivity index (χ2n) is 8.92. The first-order valence-electron chi connectivity index (χ1n) is 11.2. The van der Waals surface area contributed by atoms with Crippen LogP contribution >= 0.6 is 12.2 Å². The molecule has 3 aromatic carbocycles. The van der Waals surface area contributed by atoms with Gasteiger partial charge < -0.3 is 14.6 Å². The number of thiocarbonyl (C=S) groups is 1. The predicted molar refractivity (Wildman–Crippen MR) is 134 cm³/mol. The number of benzene rings is 3. The molecular weight excluding hydrogens is 428 g/mol. The zero-order chi connectivity index (χ0) is 22.7. The van der Waals surface area contributed by atoms with Gasteiger partial charge in [-0.2, -0.15) is 0 Å². The van der Waals surface area contributed by atoms with E-state index in [9.17, 15) is 4.79 Å². The molecule has 4 aromatic rings. The number of H-pyrrole nitrogens is 1. The number of aromatic nitrogens is 1. The van der Waals surface area contributed by atoms with Gasteiger partial charge in [-0.3, -0.25) is 4.79 Å². The lowest BCUT2D eigenvalue weighted by molar-refractivity contribution is -0.121. The summed E-state index contributed by atoms with van der Waals surface area (Å²) in [6.45, 7) is 2.09. The lowest BCUT2D eigenvalue weighted by atomic mass is 9.87. The van der Waals surface area contributed by atoms with Gasteiger partial charge in [0.1, 0.15) is 5.75 Å². The number of ketones is 1. The van der Waals surface area contributed by atoms with Gasteiger partial charge in [-0.25, -0.2) is 0 Å². The van der Waals surface area contributed by atoms with E-state index in [1.54, 1.807) is 7.11 Å². The Labute approximate surface area is 198 Å². The Morgan fingerprint density at radius 1 is 1.00 bits per heavy atom.